The molecule has 80 valence electrons. The predicted molar refractivity (Wildman–Crippen MR) is 46.8 cm³/mol. The van der Waals surface area contributed by atoms with Gasteiger partial charge in [0.05, 0.1) is 0 Å². The Labute approximate surface area is 80.8 Å². The second-order valence-corrected chi connectivity index (χ2v) is 3.15. The van der Waals surface area contributed by atoms with Gasteiger partial charge in [0.15, 0.2) is 0 Å². The molecule has 5 heteroatoms. The van der Waals surface area contributed by atoms with Crippen LogP contribution in [0.15, 0.2) is 12.4 Å². The number of nitrogens with zero attached hydrogens (tertiary/aromatic N) is 2. The van der Waals surface area contributed by atoms with E-state index in [-0.39, 0.29) is 0 Å². The SMILES string of the molecule is CCCCCn1ccnc1C(F)(F)F. The zero-order valence-electron chi connectivity index (χ0n) is 8.01. The standard InChI is InChI=1S/C9H13F3N2/c1-2-3-4-6-14-7-5-13-8(14)9(10,11)12/h5,7H,2-4,6H2,1H3. The number of rotatable bonds is 4. The van der Waals surface area contributed by atoms with Crippen LogP contribution < -0.4 is 0 Å². The van der Waals surface area contributed by atoms with E-state index < -0.39 is 12.0 Å². The van der Waals surface area contributed by atoms with Gasteiger partial charge in [-0.2, -0.15) is 13.2 Å². The molecule has 0 atom stereocenters. The predicted octanol–water partition coefficient (Wildman–Crippen LogP) is 3.09. The Balaban J connectivity index is 2.63. The zero-order valence-corrected chi connectivity index (χ0v) is 8.01. The lowest BCUT2D eigenvalue weighted by Crippen LogP contribution is -2.14. The maximum atomic E-state index is 12.3. The zero-order chi connectivity index (χ0) is 10.6. The minimum Gasteiger partial charge on any atom is -0.327 e. The third kappa shape index (κ3) is 2.75. The number of hydrogen-bond donors (Lipinski definition) is 0. The van der Waals surface area contributed by atoms with E-state index >= 15 is 0 Å². The molecule has 0 N–H and O–H groups in total. The normalized spacial score (nSPS) is 12.0. The highest BCUT2D eigenvalue weighted by molar-refractivity contribution is 4.96. The fourth-order valence-electron chi connectivity index (χ4n) is 1.28. The van der Waals surface area contributed by atoms with Crippen molar-refractivity contribution in [1.29, 1.82) is 0 Å². The summed E-state index contributed by atoms with van der Waals surface area (Å²) in [5, 5.41) is 0. The van der Waals surface area contributed by atoms with E-state index in [1.165, 1.54) is 12.4 Å². The Morgan fingerprint density at radius 2 is 2.07 bits per heavy atom. The van der Waals surface area contributed by atoms with Gasteiger partial charge in [0.25, 0.3) is 0 Å². The van der Waals surface area contributed by atoms with Gasteiger partial charge in [0.2, 0.25) is 5.82 Å². The quantitative estimate of drug-likeness (QED) is 0.692. The lowest BCUT2D eigenvalue weighted by Gasteiger charge is -2.09. The van der Waals surface area contributed by atoms with Crippen molar-refractivity contribution in [3.63, 3.8) is 0 Å². The number of halogens is 3. The van der Waals surface area contributed by atoms with Gasteiger partial charge >= 0.3 is 6.18 Å². The van der Waals surface area contributed by atoms with Crippen LogP contribution in [0.5, 0.6) is 0 Å². The molecule has 0 aliphatic heterocycles. The molecule has 1 heterocycles. The van der Waals surface area contributed by atoms with Crippen LogP contribution in [0, 0.1) is 0 Å². The van der Waals surface area contributed by atoms with Crippen molar-refractivity contribution >= 4 is 0 Å². The fourth-order valence-corrected chi connectivity index (χ4v) is 1.28. The topological polar surface area (TPSA) is 17.8 Å². The van der Waals surface area contributed by atoms with Crippen molar-refractivity contribution in [2.45, 2.75) is 38.9 Å². The highest BCUT2D eigenvalue weighted by Gasteiger charge is 2.35. The van der Waals surface area contributed by atoms with Gasteiger partial charge < -0.3 is 4.57 Å². The fraction of sp³-hybridized carbons (Fsp3) is 0.667. The number of hydrogen-bond acceptors (Lipinski definition) is 1. The van der Waals surface area contributed by atoms with Crippen LogP contribution >= 0.6 is 0 Å². The molecule has 0 saturated carbocycles. The van der Waals surface area contributed by atoms with Gasteiger partial charge in [-0.15, -0.1) is 0 Å². The molecule has 0 amide bonds. The van der Waals surface area contributed by atoms with E-state index in [9.17, 15) is 13.2 Å². The van der Waals surface area contributed by atoms with Crippen LogP contribution in [0.25, 0.3) is 0 Å². The Kier molecular flexibility index (Phi) is 3.55. The molecule has 14 heavy (non-hydrogen) atoms. The van der Waals surface area contributed by atoms with Crippen LogP contribution in [0.4, 0.5) is 13.2 Å². The molecular formula is C9H13F3N2. The lowest BCUT2D eigenvalue weighted by atomic mass is 10.2. The van der Waals surface area contributed by atoms with Crippen molar-refractivity contribution in [3.05, 3.63) is 18.2 Å². The summed E-state index contributed by atoms with van der Waals surface area (Å²) in [6, 6.07) is 0. The van der Waals surface area contributed by atoms with E-state index in [1.54, 1.807) is 0 Å². The largest absolute Gasteiger partial charge is 0.449 e. The van der Waals surface area contributed by atoms with E-state index in [1.807, 2.05) is 6.92 Å². The van der Waals surface area contributed by atoms with Crippen LogP contribution in [0.1, 0.15) is 32.0 Å². The van der Waals surface area contributed by atoms with Gasteiger partial charge in [-0.25, -0.2) is 4.98 Å². The van der Waals surface area contributed by atoms with Crippen LogP contribution in [-0.4, -0.2) is 9.55 Å². The number of imidazole rings is 1. The average molecular weight is 206 g/mol. The Bertz CT molecular complexity index is 278. The Morgan fingerprint density at radius 1 is 1.36 bits per heavy atom. The van der Waals surface area contributed by atoms with Crippen molar-refractivity contribution in [2.75, 3.05) is 0 Å². The molecule has 0 fully saturated rings. The average Bonchev–Trinajstić information content (AvgIpc) is 2.52. The second-order valence-electron chi connectivity index (χ2n) is 3.15. The summed E-state index contributed by atoms with van der Waals surface area (Å²) in [6.07, 6.45) is 0.921. The molecule has 1 rings (SSSR count). The monoisotopic (exact) mass is 206 g/mol. The van der Waals surface area contributed by atoms with Gasteiger partial charge in [0, 0.05) is 18.9 Å². The molecule has 0 aliphatic carbocycles. The van der Waals surface area contributed by atoms with Crippen molar-refractivity contribution in [3.8, 4) is 0 Å². The highest BCUT2D eigenvalue weighted by Crippen LogP contribution is 2.27. The maximum absolute atomic E-state index is 12.3. The molecule has 0 aromatic carbocycles. The summed E-state index contributed by atoms with van der Waals surface area (Å²) < 4.78 is 38.1. The molecule has 1 aromatic heterocycles. The number of aryl methyl sites for hydroxylation is 1. The summed E-state index contributed by atoms with van der Waals surface area (Å²) in [5.74, 6) is -0.798. The third-order valence-corrected chi connectivity index (χ3v) is 1.97. The first-order chi connectivity index (χ1) is 6.55. The first-order valence-corrected chi connectivity index (χ1v) is 4.64. The maximum Gasteiger partial charge on any atom is 0.449 e. The van der Waals surface area contributed by atoms with Crippen molar-refractivity contribution in [1.82, 2.24) is 9.55 Å². The van der Waals surface area contributed by atoms with Crippen LogP contribution in [0.2, 0.25) is 0 Å². The minimum absolute atomic E-state index is 0.392. The first-order valence-electron chi connectivity index (χ1n) is 4.64. The molecule has 0 radical (unpaired) electrons. The molecule has 1 aromatic rings. The van der Waals surface area contributed by atoms with E-state index in [4.69, 9.17) is 0 Å². The van der Waals surface area contributed by atoms with Crippen molar-refractivity contribution < 1.29 is 13.2 Å². The molecule has 0 unspecified atom stereocenters. The smallest absolute Gasteiger partial charge is 0.327 e. The highest BCUT2D eigenvalue weighted by atomic mass is 19.4. The molecule has 0 bridgehead atoms. The van der Waals surface area contributed by atoms with Gasteiger partial charge in [-0.3, -0.25) is 0 Å². The number of aromatic nitrogens is 2. The summed E-state index contributed by atoms with van der Waals surface area (Å²) in [5.41, 5.74) is 0. The molecular weight excluding hydrogens is 193 g/mol. The van der Waals surface area contributed by atoms with E-state index in [0.29, 0.717) is 6.54 Å². The third-order valence-electron chi connectivity index (χ3n) is 1.97. The Morgan fingerprint density at radius 3 is 2.64 bits per heavy atom. The molecule has 0 spiro atoms. The van der Waals surface area contributed by atoms with Gasteiger partial charge in [0.1, 0.15) is 0 Å². The summed E-state index contributed by atoms with van der Waals surface area (Å²) >= 11 is 0. The van der Waals surface area contributed by atoms with Crippen LogP contribution in [0.3, 0.4) is 0 Å². The summed E-state index contributed by atoms with van der Waals surface area (Å²) in [4.78, 5) is 3.30. The number of unbranched alkanes of at least 4 members (excludes halogenated alkanes) is 2. The van der Waals surface area contributed by atoms with Gasteiger partial charge in [-0.1, -0.05) is 19.8 Å². The summed E-state index contributed by atoms with van der Waals surface area (Å²) in [7, 11) is 0. The van der Waals surface area contributed by atoms with Crippen molar-refractivity contribution in [2.24, 2.45) is 0 Å². The van der Waals surface area contributed by atoms with E-state index in [2.05, 4.69) is 4.98 Å². The number of alkyl halides is 3. The molecule has 2 nitrogen and oxygen atoms in total. The molecule has 0 aliphatic rings. The molecule has 0 saturated heterocycles. The second kappa shape index (κ2) is 4.48. The van der Waals surface area contributed by atoms with E-state index in [0.717, 1.165) is 23.8 Å². The van der Waals surface area contributed by atoms with Gasteiger partial charge in [-0.05, 0) is 6.42 Å². The van der Waals surface area contributed by atoms with Crippen LogP contribution in [-0.2, 0) is 12.7 Å². The summed E-state index contributed by atoms with van der Waals surface area (Å²) in [6.45, 7) is 2.40. The lowest BCUT2D eigenvalue weighted by molar-refractivity contribution is -0.147. The Hall–Kier alpha value is -1.00. The first kappa shape index (κ1) is 11.1. The minimum atomic E-state index is -4.34.